The average Bonchev–Trinajstić information content (AvgIpc) is 2.74. The van der Waals surface area contributed by atoms with Gasteiger partial charge in [0.2, 0.25) is 5.91 Å². The molecule has 2 aliphatic heterocycles. The number of piperidine rings is 1. The summed E-state index contributed by atoms with van der Waals surface area (Å²) in [6.45, 7) is -1.22. The lowest BCUT2D eigenvalue weighted by molar-refractivity contribution is -0.142. The van der Waals surface area contributed by atoms with Gasteiger partial charge in [-0.05, 0) is 18.6 Å². The molecule has 1 N–H and O–H groups in total. The molecule has 2 heterocycles. The van der Waals surface area contributed by atoms with E-state index in [4.69, 9.17) is 0 Å². The molecule has 1 saturated heterocycles. The van der Waals surface area contributed by atoms with Crippen LogP contribution in [0.25, 0.3) is 0 Å². The number of hydrogen-bond donors (Lipinski definition) is 1. The van der Waals surface area contributed by atoms with Gasteiger partial charge in [0, 0.05) is 6.42 Å². The van der Waals surface area contributed by atoms with E-state index in [1.54, 1.807) is 12.1 Å². The number of imide groups is 2. The summed E-state index contributed by atoms with van der Waals surface area (Å²) < 4.78 is 13.6. The third-order valence-electron chi connectivity index (χ3n) is 3.88. The van der Waals surface area contributed by atoms with Crippen molar-refractivity contribution in [1.29, 1.82) is 0 Å². The van der Waals surface area contributed by atoms with Crippen molar-refractivity contribution in [1.82, 2.24) is 10.2 Å². The van der Waals surface area contributed by atoms with Gasteiger partial charge in [0.05, 0.1) is 11.1 Å². The van der Waals surface area contributed by atoms with Crippen molar-refractivity contribution in [3.63, 3.8) is 0 Å². The number of halogens is 1. The van der Waals surface area contributed by atoms with E-state index in [1.807, 2.05) is 5.32 Å². The SMILES string of the molecule is O=C1CC[C@@](CF)(N2C(=O)c3ccccc3C2=O)C(=O)N1. The Morgan fingerprint density at radius 2 is 1.67 bits per heavy atom. The first kappa shape index (κ1) is 13.4. The molecule has 1 fully saturated rings. The Hall–Kier alpha value is -2.57. The number of hydrogen-bond acceptors (Lipinski definition) is 4. The summed E-state index contributed by atoms with van der Waals surface area (Å²) in [6, 6.07) is 6.07. The van der Waals surface area contributed by atoms with Crippen LogP contribution in [0.2, 0.25) is 0 Å². The maximum atomic E-state index is 13.6. The van der Waals surface area contributed by atoms with Crippen LogP contribution in [0.1, 0.15) is 33.6 Å². The van der Waals surface area contributed by atoms with Gasteiger partial charge in [-0.25, -0.2) is 4.39 Å². The van der Waals surface area contributed by atoms with Crippen LogP contribution in [0.4, 0.5) is 4.39 Å². The van der Waals surface area contributed by atoms with Gasteiger partial charge in [-0.2, -0.15) is 0 Å². The Labute approximate surface area is 118 Å². The fraction of sp³-hybridized carbons (Fsp3) is 0.286. The van der Waals surface area contributed by atoms with Crippen LogP contribution >= 0.6 is 0 Å². The Morgan fingerprint density at radius 3 is 2.14 bits per heavy atom. The van der Waals surface area contributed by atoms with E-state index in [0.29, 0.717) is 4.90 Å². The Morgan fingerprint density at radius 1 is 1.10 bits per heavy atom. The number of benzene rings is 1. The van der Waals surface area contributed by atoms with Crippen LogP contribution in [0, 0.1) is 0 Å². The molecule has 0 spiro atoms. The molecule has 0 aromatic heterocycles. The van der Waals surface area contributed by atoms with Crippen molar-refractivity contribution in [2.75, 3.05) is 6.67 Å². The van der Waals surface area contributed by atoms with Crippen molar-refractivity contribution >= 4 is 23.6 Å². The van der Waals surface area contributed by atoms with E-state index in [0.717, 1.165) is 0 Å². The van der Waals surface area contributed by atoms with E-state index < -0.39 is 35.8 Å². The molecule has 108 valence electrons. The van der Waals surface area contributed by atoms with E-state index >= 15 is 0 Å². The molecule has 2 aliphatic rings. The average molecular weight is 290 g/mol. The third-order valence-corrected chi connectivity index (χ3v) is 3.88. The Bertz CT molecular complexity index is 652. The number of carbonyl (C=O) groups is 4. The van der Waals surface area contributed by atoms with Crippen LogP contribution < -0.4 is 5.32 Å². The molecule has 0 unspecified atom stereocenters. The maximum absolute atomic E-state index is 13.6. The number of fused-ring (bicyclic) bond motifs is 1. The molecular formula is C14H11FN2O4. The van der Waals surface area contributed by atoms with Crippen LogP contribution in [0.3, 0.4) is 0 Å². The molecule has 4 amide bonds. The summed E-state index contributed by atoms with van der Waals surface area (Å²) in [7, 11) is 0. The summed E-state index contributed by atoms with van der Waals surface area (Å²) in [5.74, 6) is -2.91. The highest BCUT2D eigenvalue weighted by atomic mass is 19.1. The molecule has 3 rings (SSSR count). The first-order chi connectivity index (χ1) is 10.0. The van der Waals surface area contributed by atoms with E-state index in [9.17, 15) is 23.6 Å². The monoisotopic (exact) mass is 290 g/mol. The second kappa shape index (κ2) is 4.47. The predicted octanol–water partition coefficient (Wildman–Crippen LogP) is 0.428. The van der Waals surface area contributed by atoms with Gasteiger partial charge in [-0.3, -0.25) is 29.4 Å². The summed E-state index contributed by atoms with van der Waals surface area (Å²) >= 11 is 0. The van der Waals surface area contributed by atoms with Gasteiger partial charge < -0.3 is 0 Å². The highest BCUT2D eigenvalue weighted by Crippen LogP contribution is 2.34. The van der Waals surface area contributed by atoms with E-state index in [-0.39, 0.29) is 24.0 Å². The molecule has 0 aliphatic carbocycles. The standard InChI is InChI=1S/C14H11FN2O4/c15-7-14(6-5-10(18)16-13(14)21)17-11(19)8-3-1-2-4-9(8)12(17)20/h1-4H,5-7H2,(H,16,18,21)/t14-/m0/s1. The molecule has 21 heavy (non-hydrogen) atoms. The van der Waals surface area contributed by atoms with Crippen molar-refractivity contribution < 1.29 is 23.6 Å². The first-order valence-corrected chi connectivity index (χ1v) is 6.39. The molecule has 1 aromatic rings. The zero-order chi connectivity index (χ0) is 15.2. The maximum Gasteiger partial charge on any atom is 0.262 e. The minimum absolute atomic E-state index is 0.122. The summed E-state index contributed by atoms with van der Waals surface area (Å²) in [6.07, 6.45) is -0.331. The predicted molar refractivity (Wildman–Crippen MR) is 68.0 cm³/mol. The number of nitrogens with one attached hydrogen (secondary N) is 1. The minimum atomic E-state index is -1.94. The van der Waals surface area contributed by atoms with Gasteiger partial charge in [0.25, 0.3) is 17.7 Å². The minimum Gasteiger partial charge on any atom is -0.294 e. The summed E-state index contributed by atoms with van der Waals surface area (Å²) in [5, 5.41) is 2.00. The van der Waals surface area contributed by atoms with Gasteiger partial charge in [0.15, 0.2) is 5.54 Å². The lowest BCUT2D eigenvalue weighted by atomic mass is 9.88. The van der Waals surface area contributed by atoms with Crippen LogP contribution in [-0.2, 0) is 9.59 Å². The van der Waals surface area contributed by atoms with Gasteiger partial charge in [-0.15, -0.1) is 0 Å². The largest absolute Gasteiger partial charge is 0.294 e. The fourth-order valence-corrected chi connectivity index (χ4v) is 2.72. The van der Waals surface area contributed by atoms with Crippen LogP contribution in [0.15, 0.2) is 24.3 Å². The lowest BCUT2D eigenvalue weighted by Gasteiger charge is -2.38. The van der Waals surface area contributed by atoms with E-state index in [2.05, 4.69) is 0 Å². The normalized spacial score (nSPS) is 25.1. The van der Waals surface area contributed by atoms with Gasteiger partial charge in [0.1, 0.15) is 6.67 Å². The number of nitrogens with zero attached hydrogens (tertiary/aromatic N) is 1. The van der Waals surface area contributed by atoms with E-state index in [1.165, 1.54) is 12.1 Å². The number of rotatable bonds is 2. The van der Waals surface area contributed by atoms with Crippen LogP contribution in [0.5, 0.6) is 0 Å². The molecule has 0 bridgehead atoms. The molecule has 0 radical (unpaired) electrons. The zero-order valence-electron chi connectivity index (χ0n) is 10.9. The molecule has 6 nitrogen and oxygen atoms in total. The van der Waals surface area contributed by atoms with Crippen LogP contribution in [-0.4, -0.2) is 40.7 Å². The number of alkyl halides is 1. The zero-order valence-corrected chi connectivity index (χ0v) is 10.9. The molecule has 0 saturated carbocycles. The van der Waals surface area contributed by atoms with Crippen molar-refractivity contribution in [2.24, 2.45) is 0 Å². The molecule has 1 aromatic carbocycles. The summed E-state index contributed by atoms with van der Waals surface area (Å²) in [5.41, 5.74) is -1.67. The highest BCUT2D eigenvalue weighted by Gasteiger charge is 2.55. The van der Waals surface area contributed by atoms with Crippen molar-refractivity contribution in [3.8, 4) is 0 Å². The topological polar surface area (TPSA) is 83.6 Å². The number of amides is 4. The summed E-state index contributed by atoms with van der Waals surface area (Å²) in [4.78, 5) is 48.7. The molecule has 1 atom stereocenters. The third kappa shape index (κ3) is 1.70. The number of carbonyl (C=O) groups excluding carboxylic acids is 4. The Balaban J connectivity index is 2.08. The Kier molecular flexibility index (Phi) is 2.86. The van der Waals surface area contributed by atoms with Crippen molar-refractivity contribution in [3.05, 3.63) is 35.4 Å². The second-order valence-electron chi connectivity index (χ2n) is 5.03. The highest BCUT2D eigenvalue weighted by molar-refractivity contribution is 6.24. The second-order valence-corrected chi connectivity index (χ2v) is 5.03. The smallest absolute Gasteiger partial charge is 0.262 e. The van der Waals surface area contributed by atoms with Crippen molar-refractivity contribution in [2.45, 2.75) is 18.4 Å². The lowest BCUT2D eigenvalue weighted by Crippen LogP contribution is -2.65. The van der Waals surface area contributed by atoms with Gasteiger partial charge >= 0.3 is 0 Å². The molecular weight excluding hydrogens is 279 g/mol. The molecule has 7 heteroatoms. The fourth-order valence-electron chi connectivity index (χ4n) is 2.72. The quantitative estimate of drug-likeness (QED) is 0.800. The van der Waals surface area contributed by atoms with Gasteiger partial charge in [-0.1, -0.05) is 12.1 Å². The first-order valence-electron chi connectivity index (χ1n) is 6.39.